The van der Waals surface area contributed by atoms with Gasteiger partial charge >= 0.3 is 5.97 Å². The summed E-state index contributed by atoms with van der Waals surface area (Å²) in [5, 5.41) is 27.5. The van der Waals surface area contributed by atoms with E-state index < -0.39 is 36.9 Å². The number of nitrogens with two attached hydrogens (primary N) is 1. The van der Waals surface area contributed by atoms with Gasteiger partial charge in [0.1, 0.15) is 18.3 Å². The standard InChI is InChI=1S/C11H19NO6/c1-5-6(12)3-8(11(15)16)18-9(5)10(17-2)7(14)4-13/h3,5-7,9-10,13-14H,4,12H2,1-2H3,(H,15,16)/t5-,6+,7-,9-,10-/m1/s1. The number of ether oxygens (including phenoxy) is 2. The number of hydrogen-bond acceptors (Lipinski definition) is 6. The predicted octanol–water partition coefficient (Wildman–Crippen LogP) is -1.31. The highest BCUT2D eigenvalue weighted by atomic mass is 16.6. The van der Waals surface area contributed by atoms with Crippen LogP contribution in [0.5, 0.6) is 0 Å². The van der Waals surface area contributed by atoms with Gasteiger partial charge in [-0.3, -0.25) is 0 Å². The molecule has 7 nitrogen and oxygen atoms in total. The summed E-state index contributed by atoms with van der Waals surface area (Å²) in [7, 11) is 1.35. The van der Waals surface area contributed by atoms with Crippen molar-refractivity contribution < 1.29 is 29.6 Å². The average Bonchev–Trinajstić information content (AvgIpc) is 2.34. The molecule has 0 saturated carbocycles. The molecule has 1 heterocycles. The van der Waals surface area contributed by atoms with E-state index in [2.05, 4.69) is 0 Å². The van der Waals surface area contributed by atoms with Crippen LogP contribution in [-0.2, 0) is 14.3 Å². The fraction of sp³-hybridized carbons (Fsp3) is 0.727. The minimum absolute atomic E-state index is 0.251. The van der Waals surface area contributed by atoms with Crippen molar-refractivity contribution in [2.24, 2.45) is 11.7 Å². The van der Waals surface area contributed by atoms with Gasteiger partial charge in [-0.1, -0.05) is 6.92 Å². The normalized spacial score (nSPS) is 31.2. The first-order chi connectivity index (χ1) is 8.42. The second-order valence-corrected chi connectivity index (χ2v) is 4.31. The summed E-state index contributed by atoms with van der Waals surface area (Å²) in [4.78, 5) is 10.9. The number of aliphatic hydroxyl groups is 2. The molecule has 0 aromatic heterocycles. The van der Waals surface area contributed by atoms with Crippen LogP contribution in [-0.4, -0.2) is 59.4 Å². The molecular weight excluding hydrogens is 242 g/mol. The smallest absolute Gasteiger partial charge is 0.370 e. The van der Waals surface area contributed by atoms with Gasteiger partial charge in [0.25, 0.3) is 0 Å². The van der Waals surface area contributed by atoms with Crippen molar-refractivity contribution in [2.45, 2.75) is 31.3 Å². The molecule has 0 bridgehead atoms. The summed E-state index contributed by atoms with van der Waals surface area (Å²) in [5.74, 6) is -1.74. The third kappa shape index (κ3) is 2.99. The SMILES string of the molecule is CO[C@@H]([C@@H]1OC(C(=O)O)=C[C@H](N)[C@H]1C)[C@H](O)CO. The Morgan fingerprint density at radius 3 is 2.72 bits per heavy atom. The first kappa shape index (κ1) is 14.9. The second-order valence-electron chi connectivity index (χ2n) is 4.31. The Hall–Kier alpha value is -1.15. The van der Waals surface area contributed by atoms with Crippen LogP contribution in [0.4, 0.5) is 0 Å². The lowest BCUT2D eigenvalue weighted by molar-refractivity contribution is -0.150. The number of rotatable bonds is 5. The topological polar surface area (TPSA) is 122 Å². The van der Waals surface area contributed by atoms with Gasteiger partial charge in [0.05, 0.1) is 6.61 Å². The zero-order chi connectivity index (χ0) is 13.9. The highest BCUT2D eigenvalue weighted by Gasteiger charge is 2.40. The Morgan fingerprint density at radius 1 is 1.67 bits per heavy atom. The summed E-state index contributed by atoms with van der Waals surface area (Å²) in [6, 6.07) is -0.515. The van der Waals surface area contributed by atoms with Crippen LogP contribution in [0.25, 0.3) is 0 Å². The maximum atomic E-state index is 10.9. The highest BCUT2D eigenvalue weighted by molar-refractivity contribution is 5.84. The minimum Gasteiger partial charge on any atom is -0.480 e. The quantitative estimate of drug-likeness (QED) is 0.484. The Bertz CT molecular complexity index is 331. The Balaban J connectivity index is 2.94. The minimum atomic E-state index is -1.23. The Kier molecular flexibility index (Phi) is 5.09. The number of carboxylic acids is 1. The molecule has 1 rings (SSSR count). The molecule has 0 radical (unpaired) electrons. The second kappa shape index (κ2) is 6.14. The van der Waals surface area contributed by atoms with Crippen LogP contribution < -0.4 is 5.73 Å². The van der Waals surface area contributed by atoms with Gasteiger partial charge in [-0.15, -0.1) is 0 Å². The fourth-order valence-electron chi connectivity index (χ4n) is 1.94. The lowest BCUT2D eigenvalue weighted by Crippen LogP contribution is -2.52. The molecule has 0 saturated heterocycles. The number of aliphatic hydroxyl groups excluding tert-OH is 2. The molecule has 0 aromatic carbocycles. The van der Waals surface area contributed by atoms with Gasteiger partial charge in [0, 0.05) is 19.1 Å². The molecule has 18 heavy (non-hydrogen) atoms. The van der Waals surface area contributed by atoms with E-state index in [4.69, 9.17) is 25.4 Å². The maximum absolute atomic E-state index is 10.9. The molecule has 0 aliphatic carbocycles. The van der Waals surface area contributed by atoms with Crippen molar-refractivity contribution in [3.05, 3.63) is 11.8 Å². The molecule has 0 spiro atoms. The van der Waals surface area contributed by atoms with E-state index in [1.54, 1.807) is 6.92 Å². The summed E-state index contributed by atoms with van der Waals surface area (Å²) in [6.45, 7) is 1.26. The van der Waals surface area contributed by atoms with Gasteiger partial charge in [-0.05, 0) is 6.08 Å². The molecule has 0 fully saturated rings. The summed E-state index contributed by atoms with van der Waals surface area (Å²) < 4.78 is 10.4. The van der Waals surface area contributed by atoms with Crippen LogP contribution in [0.3, 0.4) is 0 Å². The van der Waals surface area contributed by atoms with Gasteiger partial charge in [-0.25, -0.2) is 4.79 Å². The lowest BCUT2D eigenvalue weighted by atomic mass is 9.88. The van der Waals surface area contributed by atoms with Gasteiger partial charge in [-0.2, -0.15) is 0 Å². The molecule has 0 aromatic rings. The summed E-state index contributed by atoms with van der Waals surface area (Å²) in [6.07, 6.45) is -1.42. The summed E-state index contributed by atoms with van der Waals surface area (Å²) >= 11 is 0. The highest BCUT2D eigenvalue weighted by Crippen LogP contribution is 2.27. The molecule has 5 N–H and O–H groups in total. The van der Waals surface area contributed by atoms with Crippen molar-refractivity contribution in [3.63, 3.8) is 0 Å². The largest absolute Gasteiger partial charge is 0.480 e. The van der Waals surface area contributed by atoms with E-state index in [1.165, 1.54) is 13.2 Å². The Morgan fingerprint density at radius 2 is 2.28 bits per heavy atom. The first-order valence-corrected chi connectivity index (χ1v) is 5.61. The molecular formula is C11H19NO6. The van der Waals surface area contributed by atoms with Crippen LogP contribution in [0, 0.1) is 5.92 Å². The molecule has 1 aliphatic heterocycles. The number of aliphatic carboxylic acids is 1. The lowest BCUT2D eigenvalue weighted by Gasteiger charge is -2.38. The van der Waals surface area contributed by atoms with Gasteiger partial charge in [0.15, 0.2) is 0 Å². The Labute approximate surface area is 105 Å². The molecule has 5 atom stereocenters. The van der Waals surface area contributed by atoms with Crippen molar-refractivity contribution >= 4 is 5.97 Å². The molecule has 7 heteroatoms. The van der Waals surface area contributed by atoms with Crippen molar-refractivity contribution in [3.8, 4) is 0 Å². The van der Waals surface area contributed by atoms with Crippen molar-refractivity contribution in [2.75, 3.05) is 13.7 Å². The number of carboxylic acid groups (broad SMARTS) is 1. The predicted molar refractivity (Wildman–Crippen MR) is 61.6 cm³/mol. The van der Waals surface area contributed by atoms with E-state index >= 15 is 0 Å². The van der Waals surface area contributed by atoms with Crippen molar-refractivity contribution in [1.82, 2.24) is 0 Å². The van der Waals surface area contributed by atoms with Crippen LogP contribution in [0.15, 0.2) is 11.8 Å². The third-order valence-electron chi connectivity index (χ3n) is 3.11. The first-order valence-electron chi connectivity index (χ1n) is 5.61. The van der Waals surface area contributed by atoms with E-state index in [9.17, 15) is 9.90 Å². The zero-order valence-corrected chi connectivity index (χ0v) is 10.3. The van der Waals surface area contributed by atoms with Crippen LogP contribution >= 0.6 is 0 Å². The zero-order valence-electron chi connectivity index (χ0n) is 10.3. The number of carbonyl (C=O) groups is 1. The van der Waals surface area contributed by atoms with Crippen LogP contribution in [0.2, 0.25) is 0 Å². The van der Waals surface area contributed by atoms with Gasteiger partial charge < -0.3 is 30.5 Å². The molecule has 104 valence electrons. The summed E-state index contributed by atoms with van der Waals surface area (Å²) in [5.41, 5.74) is 5.81. The third-order valence-corrected chi connectivity index (χ3v) is 3.11. The van der Waals surface area contributed by atoms with E-state index in [0.717, 1.165) is 0 Å². The number of methoxy groups -OCH3 is 1. The number of hydrogen-bond donors (Lipinski definition) is 4. The van der Waals surface area contributed by atoms with E-state index in [1.807, 2.05) is 0 Å². The molecule has 1 aliphatic rings. The molecule has 0 unspecified atom stereocenters. The van der Waals surface area contributed by atoms with Gasteiger partial charge in [0.2, 0.25) is 5.76 Å². The molecule has 0 amide bonds. The maximum Gasteiger partial charge on any atom is 0.370 e. The average molecular weight is 261 g/mol. The van der Waals surface area contributed by atoms with Crippen molar-refractivity contribution in [1.29, 1.82) is 0 Å². The van der Waals surface area contributed by atoms with E-state index in [-0.39, 0.29) is 11.7 Å². The monoisotopic (exact) mass is 261 g/mol. The van der Waals surface area contributed by atoms with Crippen LogP contribution in [0.1, 0.15) is 6.92 Å². The fourth-order valence-corrected chi connectivity index (χ4v) is 1.94. The van der Waals surface area contributed by atoms with E-state index in [0.29, 0.717) is 0 Å².